The molecule has 0 spiro atoms. The number of hydrogen-bond acceptors (Lipinski definition) is 7. The molecule has 2 aliphatic rings. The lowest BCUT2D eigenvalue weighted by atomic mass is 10.0. The summed E-state index contributed by atoms with van der Waals surface area (Å²) in [5.74, 6) is 0.661. The number of benzene rings is 2. The van der Waals surface area contributed by atoms with Crippen molar-refractivity contribution in [2.75, 3.05) is 22.9 Å². The first-order valence-corrected chi connectivity index (χ1v) is 11.7. The summed E-state index contributed by atoms with van der Waals surface area (Å²) in [4.78, 5) is 10.0. The van der Waals surface area contributed by atoms with Crippen molar-refractivity contribution in [3.05, 3.63) is 59.7 Å². The molecule has 7 heteroatoms. The van der Waals surface area contributed by atoms with Gasteiger partial charge in [0.1, 0.15) is 11.3 Å². The van der Waals surface area contributed by atoms with Crippen LogP contribution < -0.4 is 15.5 Å². The number of aliphatic hydroxyl groups is 2. The van der Waals surface area contributed by atoms with Crippen LogP contribution in [-0.4, -0.2) is 46.0 Å². The van der Waals surface area contributed by atoms with E-state index in [0.717, 1.165) is 53.0 Å². The van der Waals surface area contributed by atoms with Crippen LogP contribution in [0.2, 0.25) is 0 Å². The summed E-state index contributed by atoms with van der Waals surface area (Å²) < 4.78 is 0. The van der Waals surface area contributed by atoms with Gasteiger partial charge in [0.25, 0.3) is 0 Å². The van der Waals surface area contributed by atoms with Gasteiger partial charge in [0, 0.05) is 47.7 Å². The highest BCUT2D eigenvalue weighted by atomic mass is 32.2. The Hall–Kier alpha value is -2.32. The van der Waals surface area contributed by atoms with Crippen LogP contribution in [0, 0.1) is 6.92 Å². The van der Waals surface area contributed by atoms with Crippen LogP contribution in [0.1, 0.15) is 24.0 Å². The lowest BCUT2D eigenvalue weighted by molar-refractivity contribution is 0.0699. The Labute approximate surface area is 186 Å². The number of aromatic nitrogens is 1. The van der Waals surface area contributed by atoms with Gasteiger partial charge in [-0.2, -0.15) is 0 Å². The lowest BCUT2D eigenvalue weighted by Gasteiger charge is -2.35. The van der Waals surface area contributed by atoms with Crippen molar-refractivity contribution in [1.29, 1.82) is 0 Å². The monoisotopic (exact) mass is 436 g/mol. The number of fused-ring (bicyclic) bond motifs is 2. The molecule has 31 heavy (non-hydrogen) atoms. The molecule has 0 amide bonds. The second-order valence-electron chi connectivity index (χ2n) is 8.53. The Balaban J connectivity index is 1.63. The van der Waals surface area contributed by atoms with E-state index in [9.17, 15) is 10.2 Å². The zero-order chi connectivity index (χ0) is 21.5. The minimum absolute atomic E-state index is 0.152. The van der Waals surface area contributed by atoms with Gasteiger partial charge in [-0.3, -0.25) is 0 Å². The van der Waals surface area contributed by atoms with Crippen molar-refractivity contribution in [2.45, 2.75) is 48.9 Å². The second-order valence-corrected chi connectivity index (χ2v) is 9.68. The topological polar surface area (TPSA) is 85.9 Å². The van der Waals surface area contributed by atoms with E-state index in [0.29, 0.717) is 12.4 Å². The third kappa shape index (κ3) is 3.99. The maximum atomic E-state index is 11.0. The Kier molecular flexibility index (Phi) is 5.52. The van der Waals surface area contributed by atoms with Crippen LogP contribution in [0.3, 0.4) is 0 Å². The SMILES string of the molecule is Cc1ccc2nc(N3Cc4ccccc4SC(O)C3O)cc(N3CCCC(N)C3)c2c1. The molecule has 4 N–H and O–H groups in total. The predicted molar refractivity (Wildman–Crippen MR) is 126 cm³/mol. The van der Waals surface area contributed by atoms with Gasteiger partial charge in [-0.05, 0) is 43.5 Å². The van der Waals surface area contributed by atoms with Crippen LogP contribution in [0.25, 0.3) is 10.9 Å². The Morgan fingerprint density at radius 3 is 2.81 bits per heavy atom. The number of pyridine rings is 1. The van der Waals surface area contributed by atoms with Gasteiger partial charge < -0.3 is 25.7 Å². The molecule has 0 radical (unpaired) electrons. The molecule has 3 atom stereocenters. The Morgan fingerprint density at radius 2 is 1.97 bits per heavy atom. The number of piperidine rings is 1. The molecular formula is C24H28N4O2S. The van der Waals surface area contributed by atoms with E-state index in [-0.39, 0.29) is 6.04 Å². The number of anilines is 2. The van der Waals surface area contributed by atoms with Crippen molar-refractivity contribution in [3.63, 3.8) is 0 Å². The molecule has 0 saturated carbocycles. The molecule has 6 nitrogen and oxygen atoms in total. The minimum Gasteiger partial charge on any atom is -0.377 e. The smallest absolute Gasteiger partial charge is 0.164 e. The largest absolute Gasteiger partial charge is 0.377 e. The molecule has 3 unspecified atom stereocenters. The van der Waals surface area contributed by atoms with E-state index >= 15 is 0 Å². The van der Waals surface area contributed by atoms with Gasteiger partial charge in [-0.15, -0.1) is 0 Å². The maximum absolute atomic E-state index is 11.0. The van der Waals surface area contributed by atoms with Gasteiger partial charge in [-0.1, -0.05) is 41.6 Å². The van der Waals surface area contributed by atoms with Crippen LogP contribution in [0.4, 0.5) is 11.5 Å². The zero-order valence-electron chi connectivity index (χ0n) is 17.6. The molecule has 5 rings (SSSR count). The summed E-state index contributed by atoms with van der Waals surface area (Å²) in [6.07, 6.45) is 1.03. The van der Waals surface area contributed by atoms with Crippen LogP contribution in [0.15, 0.2) is 53.4 Å². The highest BCUT2D eigenvalue weighted by Crippen LogP contribution is 2.38. The highest BCUT2D eigenvalue weighted by Gasteiger charge is 2.31. The first-order chi connectivity index (χ1) is 15.0. The predicted octanol–water partition coefficient (Wildman–Crippen LogP) is 3.22. The molecule has 0 bridgehead atoms. The Morgan fingerprint density at radius 1 is 1.13 bits per heavy atom. The molecule has 2 aromatic carbocycles. The summed E-state index contributed by atoms with van der Waals surface area (Å²) in [6, 6.07) is 16.4. The number of aliphatic hydroxyl groups excluding tert-OH is 2. The summed E-state index contributed by atoms with van der Waals surface area (Å²) in [6.45, 7) is 4.31. The van der Waals surface area contributed by atoms with Crippen molar-refractivity contribution >= 4 is 34.2 Å². The molecular weight excluding hydrogens is 408 g/mol. The third-order valence-corrected chi connectivity index (χ3v) is 7.29. The third-order valence-electron chi connectivity index (χ3n) is 6.16. The normalized spacial score (nSPS) is 24.2. The number of nitrogens with zero attached hydrogens (tertiary/aromatic N) is 3. The molecule has 1 fully saturated rings. The summed E-state index contributed by atoms with van der Waals surface area (Å²) in [7, 11) is 0. The number of nitrogens with two attached hydrogens (primary N) is 1. The van der Waals surface area contributed by atoms with Gasteiger partial charge in [-0.25, -0.2) is 4.98 Å². The van der Waals surface area contributed by atoms with Crippen molar-refractivity contribution in [2.24, 2.45) is 5.73 Å². The quantitative estimate of drug-likeness (QED) is 0.569. The fraction of sp³-hybridized carbons (Fsp3) is 0.375. The van der Waals surface area contributed by atoms with Crippen molar-refractivity contribution < 1.29 is 10.2 Å². The molecule has 3 heterocycles. The van der Waals surface area contributed by atoms with E-state index in [1.54, 1.807) is 4.90 Å². The number of rotatable bonds is 2. The van der Waals surface area contributed by atoms with Crippen molar-refractivity contribution in [3.8, 4) is 0 Å². The van der Waals surface area contributed by atoms with E-state index in [4.69, 9.17) is 10.7 Å². The van der Waals surface area contributed by atoms with Gasteiger partial charge >= 0.3 is 0 Å². The van der Waals surface area contributed by atoms with E-state index in [2.05, 4.69) is 24.0 Å². The van der Waals surface area contributed by atoms with Gasteiger partial charge in [0.2, 0.25) is 0 Å². The molecule has 2 aliphatic heterocycles. The minimum atomic E-state index is -1.07. The van der Waals surface area contributed by atoms with Gasteiger partial charge in [0.05, 0.1) is 5.52 Å². The highest BCUT2D eigenvalue weighted by molar-refractivity contribution is 7.99. The summed E-state index contributed by atoms with van der Waals surface area (Å²) in [5.41, 5.74) is 9.53. The maximum Gasteiger partial charge on any atom is 0.164 e. The Bertz CT molecular complexity index is 1110. The molecule has 1 aromatic heterocycles. The standard InChI is InChI=1S/C24H28N4O2S/c1-15-8-9-19-18(11-15)20(27-10-4-6-17(25)14-27)12-22(26-19)28-13-16-5-2-3-7-21(16)31-24(30)23(28)29/h2-3,5,7-9,11-12,17,23-24,29-30H,4,6,10,13-14,25H2,1H3. The zero-order valence-corrected chi connectivity index (χ0v) is 18.4. The lowest BCUT2D eigenvalue weighted by Crippen LogP contribution is -2.43. The summed E-state index contributed by atoms with van der Waals surface area (Å²) >= 11 is 1.29. The molecule has 3 aromatic rings. The average molecular weight is 437 g/mol. The molecule has 0 aliphatic carbocycles. The van der Waals surface area contributed by atoms with Gasteiger partial charge in [0.15, 0.2) is 6.23 Å². The first-order valence-electron chi connectivity index (χ1n) is 10.8. The molecule has 1 saturated heterocycles. The number of hydrogen-bond donors (Lipinski definition) is 3. The van der Waals surface area contributed by atoms with Crippen LogP contribution in [-0.2, 0) is 6.54 Å². The summed E-state index contributed by atoms with van der Waals surface area (Å²) in [5, 5.41) is 22.7. The number of aryl methyl sites for hydroxylation is 1. The van der Waals surface area contributed by atoms with Crippen LogP contribution in [0.5, 0.6) is 0 Å². The average Bonchev–Trinajstić information content (AvgIpc) is 2.89. The number of thioether (sulfide) groups is 1. The fourth-order valence-electron chi connectivity index (χ4n) is 4.53. The fourth-order valence-corrected chi connectivity index (χ4v) is 5.50. The van der Waals surface area contributed by atoms with E-state index in [1.807, 2.05) is 36.4 Å². The first kappa shape index (κ1) is 20.6. The molecule has 162 valence electrons. The van der Waals surface area contributed by atoms with Crippen LogP contribution >= 0.6 is 11.8 Å². The van der Waals surface area contributed by atoms with E-state index < -0.39 is 11.7 Å². The van der Waals surface area contributed by atoms with Crippen molar-refractivity contribution in [1.82, 2.24) is 4.98 Å². The van der Waals surface area contributed by atoms with E-state index in [1.165, 1.54) is 17.3 Å². The second kappa shape index (κ2) is 8.31.